The van der Waals surface area contributed by atoms with Crippen molar-refractivity contribution < 1.29 is 9.59 Å². The van der Waals surface area contributed by atoms with Gasteiger partial charge in [0.2, 0.25) is 11.8 Å². The lowest BCUT2D eigenvalue weighted by molar-refractivity contribution is -0.128. The highest BCUT2D eigenvalue weighted by molar-refractivity contribution is 5.88. The van der Waals surface area contributed by atoms with Gasteiger partial charge in [-0.15, -0.1) is 0 Å². The van der Waals surface area contributed by atoms with Gasteiger partial charge in [-0.25, -0.2) is 0 Å². The summed E-state index contributed by atoms with van der Waals surface area (Å²) in [5.74, 6) is -0.0190. The van der Waals surface area contributed by atoms with Crippen LogP contribution in [0.2, 0.25) is 0 Å². The highest BCUT2D eigenvalue weighted by Crippen LogP contribution is 2.09. The second kappa shape index (κ2) is 7.53. The number of nitrogens with one attached hydrogen (secondary N) is 2. The summed E-state index contributed by atoms with van der Waals surface area (Å²) in [7, 11) is 1.57. The first-order chi connectivity index (χ1) is 9.42. The van der Waals surface area contributed by atoms with Gasteiger partial charge in [0.15, 0.2) is 0 Å². The molecule has 5 heteroatoms. The summed E-state index contributed by atoms with van der Waals surface area (Å²) in [4.78, 5) is 23.7. The van der Waals surface area contributed by atoms with E-state index in [0.29, 0.717) is 18.0 Å². The zero-order valence-corrected chi connectivity index (χ0v) is 12.3. The van der Waals surface area contributed by atoms with E-state index in [1.165, 1.54) is 0 Å². The van der Waals surface area contributed by atoms with E-state index in [1.807, 2.05) is 26.0 Å². The third-order valence-corrected chi connectivity index (χ3v) is 2.92. The van der Waals surface area contributed by atoms with E-state index in [4.69, 9.17) is 5.73 Å². The molecule has 1 atom stereocenters. The van der Waals surface area contributed by atoms with Gasteiger partial charge in [0.1, 0.15) is 6.04 Å². The minimum atomic E-state index is -0.492. The van der Waals surface area contributed by atoms with E-state index in [-0.39, 0.29) is 18.2 Å². The Morgan fingerprint density at radius 2 is 2.00 bits per heavy atom. The Balaban J connectivity index is 2.64. The van der Waals surface area contributed by atoms with E-state index in [0.717, 1.165) is 5.56 Å². The number of nitrogens with two attached hydrogens (primary N) is 1. The van der Waals surface area contributed by atoms with Crippen molar-refractivity contribution in [3.63, 3.8) is 0 Å². The number of carbonyl (C=O) groups is 2. The van der Waals surface area contributed by atoms with Crippen molar-refractivity contribution in [1.29, 1.82) is 0 Å². The summed E-state index contributed by atoms with van der Waals surface area (Å²) in [6.07, 6.45) is 0.832. The van der Waals surface area contributed by atoms with E-state index >= 15 is 0 Å². The summed E-state index contributed by atoms with van der Waals surface area (Å²) in [6.45, 7) is 4.03. The molecule has 5 nitrogen and oxygen atoms in total. The smallest absolute Gasteiger partial charge is 0.242 e. The number of carbonyl (C=O) groups excluding carboxylic acids is 2. The monoisotopic (exact) mass is 277 g/mol. The van der Waals surface area contributed by atoms with Crippen LogP contribution in [0.3, 0.4) is 0 Å². The molecule has 1 rings (SSSR count). The van der Waals surface area contributed by atoms with Gasteiger partial charge in [-0.05, 0) is 30.0 Å². The van der Waals surface area contributed by atoms with Crippen molar-refractivity contribution in [2.45, 2.75) is 32.7 Å². The van der Waals surface area contributed by atoms with Gasteiger partial charge < -0.3 is 16.4 Å². The van der Waals surface area contributed by atoms with Crippen molar-refractivity contribution in [2.75, 3.05) is 12.8 Å². The van der Waals surface area contributed by atoms with E-state index in [9.17, 15) is 9.59 Å². The fourth-order valence-corrected chi connectivity index (χ4v) is 2.01. The molecule has 0 fully saturated rings. The largest absolute Gasteiger partial charge is 0.399 e. The second-order valence-electron chi connectivity index (χ2n) is 5.29. The van der Waals surface area contributed by atoms with Crippen LogP contribution < -0.4 is 16.4 Å². The molecule has 0 aliphatic carbocycles. The summed E-state index contributed by atoms with van der Waals surface area (Å²) in [6, 6.07) is 6.69. The molecule has 0 bridgehead atoms. The molecule has 2 amide bonds. The Hall–Kier alpha value is -2.04. The summed E-state index contributed by atoms with van der Waals surface area (Å²) in [5, 5.41) is 5.35. The lowest BCUT2D eigenvalue weighted by Crippen LogP contribution is -2.46. The topological polar surface area (TPSA) is 84.2 Å². The maximum atomic E-state index is 12.0. The van der Waals surface area contributed by atoms with Crippen LogP contribution in [-0.2, 0) is 16.0 Å². The number of nitrogen functional groups attached to an aromatic ring is 1. The molecule has 0 saturated carbocycles. The van der Waals surface area contributed by atoms with Crippen LogP contribution in [0.25, 0.3) is 0 Å². The fourth-order valence-electron chi connectivity index (χ4n) is 2.01. The third kappa shape index (κ3) is 5.30. The van der Waals surface area contributed by atoms with Crippen molar-refractivity contribution >= 4 is 17.5 Å². The molecule has 0 saturated heterocycles. The molecule has 1 aromatic rings. The van der Waals surface area contributed by atoms with Crippen LogP contribution >= 0.6 is 0 Å². The van der Waals surface area contributed by atoms with Crippen LogP contribution in [-0.4, -0.2) is 24.9 Å². The van der Waals surface area contributed by atoms with Crippen molar-refractivity contribution in [3.05, 3.63) is 29.8 Å². The van der Waals surface area contributed by atoms with Gasteiger partial charge in [-0.1, -0.05) is 26.0 Å². The standard InChI is InChI=1S/C15H23N3O2/c1-10(2)7-13(15(20)17-3)18-14(19)9-11-5-4-6-12(16)8-11/h4-6,8,10,13H,7,9,16H2,1-3H3,(H,17,20)(H,18,19). The molecule has 20 heavy (non-hydrogen) atoms. The van der Waals surface area contributed by atoms with Gasteiger partial charge in [-0.3, -0.25) is 9.59 Å². The number of hydrogen-bond acceptors (Lipinski definition) is 3. The number of hydrogen-bond donors (Lipinski definition) is 3. The minimum absolute atomic E-state index is 0.167. The lowest BCUT2D eigenvalue weighted by atomic mass is 10.0. The molecule has 0 aromatic heterocycles. The molecule has 1 unspecified atom stereocenters. The number of rotatable bonds is 6. The summed E-state index contributed by atoms with van der Waals surface area (Å²) < 4.78 is 0. The number of anilines is 1. The number of benzene rings is 1. The Bertz CT molecular complexity index is 472. The van der Waals surface area contributed by atoms with Crippen molar-refractivity contribution in [2.24, 2.45) is 5.92 Å². The van der Waals surface area contributed by atoms with Crippen molar-refractivity contribution in [1.82, 2.24) is 10.6 Å². The van der Waals surface area contributed by atoms with Gasteiger partial charge in [0, 0.05) is 12.7 Å². The predicted octanol–water partition coefficient (Wildman–Crippen LogP) is 1.09. The van der Waals surface area contributed by atoms with E-state index < -0.39 is 6.04 Å². The Kier molecular flexibility index (Phi) is 6.03. The van der Waals surface area contributed by atoms with E-state index in [2.05, 4.69) is 10.6 Å². The first-order valence-electron chi connectivity index (χ1n) is 6.77. The van der Waals surface area contributed by atoms with Gasteiger partial charge >= 0.3 is 0 Å². The van der Waals surface area contributed by atoms with Crippen LogP contribution in [0.1, 0.15) is 25.8 Å². The first kappa shape index (κ1) is 16.0. The van der Waals surface area contributed by atoms with Crippen LogP contribution in [0.15, 0.2) is 24.3 Å². The number of likely N-dealkylation sites (N-methyl/N-ethyl adjacent to an activating group) is 1. The maximum absolute atomic E-state index is 12.0. The SMILES string of the molecule is CNC(=O)C(CC(C)C)NC(=O)Cc1cccc(N)c1. The van der Waals surface area contributed by atoms with Crippen molar-refractivity contribution in [3.8, 4) is 0 Å². The molecule has 0 spiro atoms. The zero-order chi connectivity index (χ0) is 15.1. The Morgan fingerprint density at radius 3 is 2.55 bits per heavy atom. The van der Waals surface area contributed by atoms with Crippen LogP contribution in [0, 0.1) is 5.92 Å². The fraction of sp³-hybridized carbons (Fsp3) is 0.467. The van der Waals surface area contributed by atoms with Crippen LogP contribution in [0.5, 0.6) is 0 Å². The summed E-state index contributed by atoms with van der Waals surface area (Å²) in [5.41, 5.74) is 7.14. The molecule has 4 N–H and O–H groups in total. The molecule has 1 aromatic carbocycles. The summed E-state index contributed by atoms with van der Waals surface area (Å²) >= 11 is 0. The van der Waals surface area contributed by atoms with Gasteiger partial charge in [-0.2, -0.15) is 0 Å². The minimum Gasteiger partial charge on any atom is -0.399 e. The molecular formula is C15H23N3O2. The van der Waals surface area contributed by atoms with Crippen LogP contribution in [0.4, 0.5) is 5.69 Å². The number of amides is 2. The average molecular weight is 277 g/mol. The molecule has 0 heterocycles. The van der Waals surface area contributed by atoms with Gasteiger partial charge in [0.25, 0.3) is 0 Å². The maximum Gasteiger partial charge on any atom is 0.242 e. The zero-order valence-electron chi connectivity index (χ0n) is 12.3. The average Bonchev–Trinajstić information content (AvgIpc) is 2.36. The quantitative estimate of drug-likeness (QED) is 0.680. The Labute approximate surface area is 119 Å². The molecule has 0 aliphatic rings. The normalized spacial score (nSPS) is 12.0. The second-order valence-corrected chi connectivity index (χ2v) is 5.29. The third-order valence-electron chi connectivity index (χ3n) is 2.92. The molecule has 0 aliphatic heterocycles. The highest BCUT2D eigenvalue weighted by Gasteiger charge is 2.20. The molecule has 110 valence electrons. The molecular weight excluding hydrogens is 254 g/mol. The molecule has 0 radical (unpaired) electrons. The lowest BCUT2D eigenvalue weighted by Gasteiger charge is -2.19. The predicted molar refractivity (Wildman–Crippen MR) is 80.0 cm³/mol. The van der Waals surface area contributed by atoms with Gasteiger partial charge in [0.05, 0.1) is 6.42 Å². The van der Waals surface area contributed by atoms with E-state index in [1.54, 1.807) is 19.2 Å². The Morgan fingerprint density at radius 1 is 1.30 bits per heavy atom. The highest BCUT2D eigenvalue weighted by atomic mass is 16.2. The first-order valence-corrected chi connectivity index (χ1v) is 6.77.